The quantitative estimate of drug-likeness (QED) is 0.675. The number of nitrogens with zero attached hydrogens (tertiary/aromatic N) is 2. The highest BCUT2D eigenvalue weighted by atomic mass is 15.3. The second kappa shape index (κ2) is 6.60. The molecule has 0 atom stereocenters. The Bertz CT molecular complexity index is 242. The molecule has 0 aliphatic rings. The van der Waals surface area contributed by atoms with E-state index in [2.05, 4.69) is 23.4 Å². The molecule has 0 aromatic carbocycles. The van der Waals surface area contributed by atoms with Crippen molar-refractivity contribution in [3.63, 3.8) is 0 Å². The van der Waals surface area contributed by atoms with Crippen molar-refractivity contribution >= 4 is 0 Å². The highest BCUT2D eigenvalue weighted by Gasteiger charge is 1.96. The Morgan fingerprint density at radius 3 is 2.86 bits per heavy atom. The molecule has 14 heavy (non-hydrogen) atoms. The number of hydrogen-bond donors (Lipinski definition) is 1. The fraction of sp³-hybridized carbons (Fsp3) is 0.727. The van der Waals surface area contributed by atoms with Crippen molar-refractivity contribution in [1.82, 2.24) is 15.1 Å². The van der Waals surface area contributed by atoms with Gasteiger partial charge in [0.1, 0.15) is 0 Å². The summed E-state index contributed by atoms with van der Waals surface area (Å²) in [5.74, 6) is 0. The predicted molar refractivity (Wildman–Crippen MR) is 59.1 cm³/mol. The summed E-state index contributed by atoms with van der Waals surface area (Å²) in [6.45, 7) is 4.29. The molecule has 80 valence electrons. The molecular formula is C11H21N3. The van der Waals surface area contributed by atoms with Gasteiger partial charge >= 0.3 is 0 Å². The van der Waals surface area contributed by atoms with E-state index in [1.54, 1.807) is 0 Å². The van der Waals surface area contributed by atoms with Crippen molar-refractivity contribution in [2.24, 2.45) is 7.05 Å². The van der Waals surface area contributed by atoms with Crippen LogP contribution in [0.1, 0.15) is 38.3 Å². The molecular weight excluding hydrogens is 174 g/mol. The van der Waals surface area contributed by atoms with Crippen molar-refractivity contribution in [3.05, 3.63) is 18.0 Å². The van der Waals surface area contributed by atoms with Gasteiger partial charge in [0, 0.05) is 19.8 Å². The van der Waals surface area contributed by atoms with E-state index < -0.39 is 0 Å². The Labute approximate surface area is 86.5 Å². The molecule has 3 heteroatoms. The molecule has 0 aliphatic heterocycles. The van der Waals surface area contributed by atoms with Crippen molar-refractivity contribution in [1.29, 1.82) is 0 Å². The summed E-state index contributed by atoms with van der Waals surface area (Å²) in [6.07, 6.45) is 7.13. The minimum absolute atomic E-state index is 0.933. The molecule has 1 aromatic heterocycles. The lowest BCUT2D eigenvalue weighted by Crippen LogP contribution is -2.16. The van der Waals surface area contributed by atoms with Crippen LogP contribution in [0, 0.1) is 0 Å². The normalized spacial score (nSPS) is 10.7. The van der Waals surface area contributed by atoms with E-state index in [0.717, 1.165) is 13.1 Å². The SMILES string of the molecule is CCCCCCNCc1ccnn1C. The van der Waals surface area contributed by atoms with Crippen LogP contribution < -0.4 is 5.32 Å². The number of aryl methyl sites for hydroxylation is 1. The van der Waals surface area contributed by atoms with Crippen molar-refractivity contribution < 1.29 is 0 Å². The lowest BCUT2D eigenvalue weighted by atomic mass is 10.2. The molecule has 0 fully saturated rings. The molecule has 1 N–H and O–H groups in total. The number of hydrogen-bond acceptors (Lipinski definition) is 2. The van der Waals surface area contributed by atoms with Crippen molar-refractivity contribution in [2.75, 3.05) is 6.54 Å². The molecule has 1 heterocycles. The summed E-state index contributed by atoms with van der Waals surface area (Å²) in [5.41, 5.74) is 1.25. The first-order chi connectivity index (χ1) is 6.84. The van der Waals surface area contributed by atoms with E-state index in [-0.39, 0.29) is 0 Å². The third kappa shape index (κ3) is 3.92. The maximum Gasteiger partial charge on any atom is 0.0518 e. The lowest BCUT2D eigenvalue weighted by Gasteiger charge is -2.04. The summed E-state index contributed by atoms with van der Waals surface area (Å²) < 4.78 is 1.92. The molecule has 0 unspecified atom stereocenters. The first-order valence-corrected chi connectivity index (χ1v) is 5.52. The molecule has 1 rings (SSSR count). The molecule has 0 aliphatic carbocycles. The Morgan fingerprint density at radius 2 is 2.21 bits per heavy atom. The van der Waals surface area contributed by atoms with Crippen LogP contribution in [0.2, 0.25) is 0 Å². The second-order valence-corrected chi connectivity index (χ2v) is 3.68. The van der Waals surface area contributed by atoms with Gasteiger partial charge in [0.2, 0.25) is 0 Å². The summed E-state index contributed by atoms with van der Waals surface area (Å²) in [5, 5.41) is 7.55. The standard InChI is InChI=1S/C11H21N3/c1-3-4-5-6-8-12-10-11-7-9-13-14(11)2/h7,9,12H,3-6,8,10H2,1-2H3. The average molecular weight is 195 g/mol. The molecule has 0 bridgehead atoms. The highest BCUT2D eigenvalue weighted by molar-refractivity contribution is 4.98. The van der Waals surface area contributed by atoms with Gasteiger partial charge in [0.25, 0.3) is 0 Å². The van der Waals surface area contributed by atoms with Gasteiger partial charge in [-0.05, 0) is 19.0 Å². The van der Waals surface area contributed by atoms with E-state index >= 15 is 0 Å². The van der Waals surface area contributed by atoms with Crippen LogP contribution >= 0.6 is 0 Å². The minimum Gasteiger partial charge on any atom is -0.311 e. The number of rotatable bonds is 7. The van der Waals surface area contributed by atoms with Crippen LogP contribution in [0.3, 0.4) is 0 Å². The van der Waals surface area contributed by atoms with E-state index in [1.807, 2.05) is 17.9 Å². The molecule has 1 aromatic rings. The van der Waals surface area contributed by atoms with Crippen LogP contribution in [-0.4, -0.2) is 16.3 Å². The van der Waals surface area contributed by atoms with E-state index in [9.17, 15) is 0 Å². The van der Waals surface area contributed by atoms with Crippen LogP contribution in [-0.2, 0) is 13.6 Å². The van der Waals surface area contributed by atoms with E-state index in [4.69, 9.17) is 0 Å². The van der Waals surface area contributed by atoms with Gasteiger partial charge in [0.05, 0.1) is 5.69 Å². The van der Waals surface area contributed by atoms with Crippen LogP contribution in [0.15, 0.2) is 12.3 Å². The predicted octanol–water partition coefficient (Wildman–Crippen LogP) is 2.09. The monoisotopic (exact) mass is 195 g/mol. The average Bonchev–Trinajstić information content (AvgIpc) is 2.58. The third-order valence-corrected chi connectivity index (χ3v) is 2.44. The molecule has 0 radical (unpaired) electrons. The summed E-state index contributed by atoms with van der Waals surface area (Å²) in [7, 11) is 1.98. The van der Waals surface area contributed by atoms with Gasteiger partial charge in [-0.1, -0.05) is 26.2 Å². The maximum absolute atomic E-state index is 4.12. The molecule has 0 saturated carbocycles. The van der Waals surface area contributed by atoms with Gasteiger partial charge in [-0.25, -0.2) is 0 Å². The molecule has 0 amide bonds. The zero-order valence-electron chi connectivity index (χ0n) is 9.29. The fourth-order valence-electron chi connectivity index (χ4n) is 1.47. The van der Waals surface area contributed by atoms with Gasteiger partial charge < -0.3 is 5.32 Å². The summed E-state index contributed by atoms with van der Waals surface area (Å²) in [4.78, 5) is 0. The number of unbranched alkanes of at least 4 members (excludes halogenated alkanes) is 3. The van der Waals surface area contributed by atoms with Crippen LogP contribution in [0.25, 0.3) is 0 Å². The van der Waals surface area contributed by atoms with Gasteiger partial charge in [-0.15, -0.1) is 0 Å². The summed E-state index contributed by atoms with van der Waals surface area (Å²) in [6, 6.07) is 2.05. The molecule has 0 saturated heterocycles. The van der Waals surface area contributed by atoms with Gasteiger partial charge in [-0.2, -0.15) is 5.10 Å². The Balaban J connectivity index is 2.02. The van der Waals surface area contributed by atoms with Gasteiger partial charge in [0.15, 0.2) is 0 Å². The first-order valence-electron chi connectivity index (χ1n) is 5.52. The zero-order valence-corrected chi connectivity index (χ0v) is 9.29. The highest BCUT2D eigenvalue weighted by Crippen LogP contribution is 1.98. The zero-order chi connectivity index (χ0) is 10.2. The van der Waals surface area contributed by atoms with E-state index in [0.29, 0.717) is 0 Å². The number of aromatic nitrogens is 2. The van der Waals surface area contributed by atoms with Crippen molar-refractivity contribution in [3.8, 4) is 0 Å². The second-order valence-electron chi connectivity index (χ2n) is 3.68. The maximum atomic E-state index is 4.12. The summed E-state index contributed by atoms with van der Waals surface area (Å²) >= 11 is 0. The Kier molecular flexibility index (Phi) is 5.30. The van der Waals surface area contributed by atoms with Crippen molar-refractivity contribution in [2.45, 2.75) is 39.2 Å². The van der Waals surface area contributed by atoms with Crippen LogP contribution in [0.4, 0.5) is 0 Å². The van der Waals surface area contributed by atoms with Crippen LogP contribution in [0.5, 0.6) is 0 Å². The number of nitrogens with one attached hydrogen (secondary N) is 1. The van der Waals surface area contributed by atoms with E-state index in [1.165, 1.54) is 31.4 Å². The smallest absolute Gasteiger partial charge is 0.0518 e. The molecule has 0 spiro atoms. The third-order valence-electron chi connectivity index (χ3n) is 2.44. The Hall–Kier alpha value is -0.830. The largest absolute Gasteiger partial charge is 0.311 e. The fourth-order valence-corrected chi connectivity index (χ4v) is 1.47. The van der Waals surface area contributed by atoms with Gasteiger partial charge in [-0.3, -0.25) is 4.68 Å². The topological polar surface area (TPSA) is 29.9 Å². The molecule has 3 nitrogen and oxygen atoms in total. The lowest BCUT2D eigenvalue weighted by molar-refractivity contribution is 0.577. The Morgan fingerprint density at radius 1 is 1.36 bits per heavy atom. The minimum atomic E-state index is 0.933. The first kappa shape index (κ1) is 11.2.